The highest BCUT2D eigenvalue weighted by Gasteiger charge is 2.41. The van der Waals surface area contributed by atoms with Crippen molar-refractivity contribution < 1.29 is 9.90 Å². The van der Waals surface area contributed by atoms with E-state index < -0.39 is 0 Å². The third-order valence-corrected chi connectivity index (χ3v) is 3.69. The van der Waals surface area contributed by atoms with Gasteiger partial charge in [-0.05, 0) is 36.8 Å². The molecule has 1 heterocycles. The van der Waals surface area contributed by atoms with Crippen LogP contribution in [0.4, 0.5) is 5.82 Å². The number of amides is 1. The van der Waals surface area contributed by atoms with Gasteiger partial charge >= 0.3 is 0 Å². The molecule has 104 valence electrons. The minimum atomic E-state index is -0.0743. The van der Waals surface area contributed by atoms with Crippen molar-refractivity contribution in [3.05, 3.63) is 23.9 Å². The zero-order valence-electron chi connectivity index (χ0n) is 11.5. The fourth-order valence-corrected chi connectivity index (χ4v) is 2.10. The van der Waals surface area contributed by atoms with E-state index >= 15 is 0 Å². The van der Waals surface area contributed by atoms with E-state index in [1.807, 2.05) is 19.0 Å². The number of hydrogen-bond donors (Lipinski definition) is 2. The summed E-state index contributed by atoms with van der Waals surface area (Å²) < 4.78 is 0. The van der Waals surface area contributed by atoms with Gasteiger partial charge in [0, 0.05) is 39.0 Å². The lowest BCUT2D eigenvalue weighted by Crippen LogP contribution is -2.30. The summed E-state index contributed by atoms with van der Waals surface area (Å²) in [6.45, 7) is 0.835. The number of aliphatic hydroxyl groups excluding tert-OH is 1. The molecule has 0 unspecified atom stereocenters. The molecule has 1 saturated carbocycles. The molecule has 0 aliphatic heterocycles. The van der Waals surface area contributed by atoms with Crippen molar-refractivity contribution in [2.75, 3.05) is 32.1 Å². The maximum absolute atomic E-state index is 12.1. The van der Waals surface area contributed by atoms with Crippen LogP contribution in [-0.4, -0.2) is 43.2 Å². The number of aromatic nitrogens is 1. The highest BCUT2D eigenvalue weighted by Crippen LogP contribution is 2.47. The van der Waals surface area contributed by atoms with Crippen LogP contribution in [-0.2, 0) is 0 Å². The number of carbonyl (C=O) groups excluding carboxylic acids is 1. The van der Waals surface area contributed by atoms with Crippen molar-refractivity contribution in [2.45, 2.75) is 19.3 Å². The van der Waals surface area contributed by atoms with E-state index in [0.29, 0.717) is 12.1 Å². The van der Waals surface area contributed by atoms with E-state index in [-0.39, 0.29) is 17.9 Å². The van der Waals surface area contributed by atoms with Crippen LogP contribution in [0.3, 0.4) is 0 Å². The third kappa shape index (κ3) is 3.44. The van der Waals surface area contributed by atoms with Gasteiger partial charge < -0.3 is 15.3 Å². The predicted molar refractivity (Wildman–Crippen MR) is 74.3 cm³/mol. The molecule has 19 heavy (non-hydrogen) atoms. The zero-order valence-corrected chi connectivity index (χ0v) is 11.5. The van der Waals surface area contributed by atoms with Gasteiger partial charge in [-0.1, -0.05) is 0 Å². The quantitative estimate of drug-likeness (QED) is 0.805. The number of hydrogen-bond acceptors (Lipinski definition) is 4. The molecule has 1 amide bonds. The second-order valence-corrected chi connectivity index (χ2v) is 5.45. The van der Waals surface area contributed by atoms with Crippen molar-refractivity contribution in [3.8, 4) is 0 Å². The van der Waals surface area contributed by atoms with Gasteiger partial charge in [-0.25, -0.2) is 4.98 Å². The Kier molecular flexibility index (Phi) is 4.04. The Morgan fingerprint density at radius 3 is 2.84 bits per heavy atom. The maximum atomic E-state index is 12.1. The van der Waals surface area contributed by atoms with Gasteiger partial charge in [0.25, 0.3) is 5.91 Å². The van der Waals surface area contributed by atoms with Crippen molar-refractivity contribution in [1.29, 1.82) is 0 Å². The van der Waals surface area contributed by atoms with Gasteiger partial charge in [-0.15, -0.1) is 0 Å². The summed E-state index contributed by atoms with van der Waals surface area (Å²) in [5, 5.41) is 12.0. The van der Waals surface area contributed by atoms with Gasteiger partial charge in [0.1, 0.15) is 5.82 Å². The van der Waals surface area contributed by atoms with Crippen LogP contribution in [0.2, 0.25) is 0 Å². The van der Waals surface area contributed by atoms with Gasteiger partial charge in [-0.3, -0.25) is 4.79 Å². The van der Waals surface area contributed by atoms with E-state index in [1.54, 1.807) is 18.3 Å². The standard InChI is InChI=1S/C14H21N3O2/c1-17(2)12-9-11(3-7-15-12)13(19)16-10-14(4-5-14)6-8-18/h3,7,9,18H,4-6,8,10H2,1-2H3,(H,16,19). The molecule has 0 atom stereocenters. The SMILES string of the molecule is CN(C)c1cc(C(=O)NCC2(CCO)CC2)ccn1. The number of rotatable bonds is 6. The maximum Gasteiger partial charge on any atom is 0.251 e. The zero-order chi connectivity index (χ0) is 13.9. The van der Waals surface area contributed by atoms with Crippen molar-refractivity contribution >= 4 is 11.7 Å². The first-order valence-electron chi connectivity index (χ1n) is 6.59. The molecule has 2 rings (SSSR count). The number of carbonyl (C=O) groups is 1. The lowest BCUT2D eigenvalue weighted by Gasteiger charge is -2.15. The second kappa shape index (κ2) is 5.57. The molecule has 0 spiro atoms. The van der Waals surface area contributed by atoms with Crippen LogP contribution in [0.15, 0.2) is 18.3 Å². The van der Waals surface area contributed by atoms with Crippen LogP contribution in [0.1, 0.15) is 29.6 Å². The first kappa shape index (κ1) is 13.8. The Labute approximate surface area is 113 Å². The minimum Gasteiger partial charge on any atom is -0.396 e. The highest BCUT2D eigenvalue weighted by molar-refractivity contribution is 5.94. The van der Waals surface area contributed by atoms with Gasteiger partial charge in [-0.2, -0.15) is 0 Å². The Hall–Kier alpha value is -1.62. The summed E-state index contributed by atoms with van der Waals surface area (Å²) in [5.41, 5.74) is 0.764. The Morgan fingerprint density at radius 2 is 2.26 bits per heavy atom. The van der Waals surface area contributed by atoms with Crippen molar-refractivity contribution in [1.82, 2.24) is 10.3 Å². The molecular weight excluding hydrogens is 242 g/mol. The molecule has 0 bridgehead atoms. The normalized spacial score (nSPS) is 15.9. The number of nitrogens with one attached hydrogen (secondary N) is 1. The van der Waals surface area contributed by atoms with E-state index in [1.165, 1.54) is 0 Å². The van der Waals surface area contributed by atoms with E-state index in [0.717, 1.165) is 25.1 Å². The number of aliphatic hydroxyl groups is 1. The summed E-state index contributed by atoms with van der Waals surface area (Å²) in [5.74, 6) is 0.693. The summed E-state index contributed by atoms with van der Waals surface area (Å²) in [6, 6.07) is 3.49. The van der Waals surface area contributed by atoms with Gasteiger partial charge in [0.05, 0.1) is 0 Å². The summed E-state index contributed by atoms with van der Waals surface area (Å²) in [7, 11) is 3.79. The molecular formula is C14H21N3O2. The summed E-state index contributed by atoms with van der Waals surface area (Å²) in [6.07, 6.45) is 4.59. The molecule has 1 aromatic heterocycles. The fraction of sp³-hybridized carbons (Fsp3) is 0.571. The third-order valence-electron chi connectivity index (χ3n) is 3.69. The monoisotopic (exact) mass is 263 g/mol. The minimum absolute atomic E-state index is 0.0743. The molecule has 0 saturated heterocycles. The van der Waals surface area contributed by atoms with Crippen LogP contribution >= 0.6 is 0 Å². The largest absolute Gasteiger partial charge is 0.396 e. The fourth-order valence-electron chi connectivity index (χ4n) is 2.10. The number of nitrogens with zero attached hydrogens (tertiary/aromatic N) is 2. The van der Waals surface area contributed by atoms with Gasteiger partial charge in [0.2, 0.25) is 0 Å². The summed E-state index contributed by atoms with van der Waals surface area (Å²) >= 11 is 0. The Morgan fingerprint density at radius 1 is 1.53 bits per heavy atom. The predicted octanol–water partition coefficient (Wildman–Crippen LogP) is 1.04. The van der Waals surface area contributed by atoms with Gasteiger partial charge in [0.15, 0.2) is 0 Å². The Balaban J connectivity index is 1.95. The first-order valence-corrected chi connectivity index (χ1v) is 6.59. The van der Waals surface area contributed by atoms with Crippen LogP contribution in [0.5, 0.6) is 0 Å². The van der Waals surface area contributed by atoms with Crippen LogP contribution in [0, 0.1) is 5.41 Å². The molecule has 5 heteroatoms. The average molecular weight is 263 g/mol. The molecule has 1 fully saturated rings. The number of pyridine rings is 1. The second-order valence-electron chi connectivity index (χ2n) is 5.45. The van der Waals surface area contributed by atoms with Crippen LogP contribution in [0.25, 0.3) is 0 Å². The Bertz CT molecular complexity index is 456. The lowest BCUT2D eigenvalue weighted by atomic mass is 10.0. The molecule has 0 aromatic carbocycles. The van der Waals surface area contributed by atoms with Crippen molar-refractivity contribution in [3.63, 3.8) is 0 Å². The first-order chi connectivity index (χ1) is 9.06. The molecule has 1 aliphatic rings. The van der Waals surface area contributed by atoms with E-state index in [9.17, 15) is 4.79 Å². The van der Waals surface area contributed by atoms with E-state index in [4.69, 9.17) is 5.11 Å². The molecule has 1 aromatic rings. The van der Waals surface area contributed by atoms with Crippen molar-refractivity contribution in [2.24, 2.45) is 5.41 Å². The summed E-state index contributed by atoms with van der Waals surface area (Å²) in [4.78, 5) is 18.1. The lowest BCUT2D eigenvalue weighted by molar-refractivity contribution is 0.0940. The molecule has 5 nitrogen and oxygen atoms in total. The number of anilines is 1. The van der Waals surface area contributed by atoms with E-state index in [2.05, 4.69) is 10.3 Å². The smallest absolute Gasteiger partial charge is 0.251 e. The molecule has 1 aliphatic carbocycles. The molecule has 2 N–H and O–H groups in total. The average Bonchev–Trinajstić information content (AvgIpc) is 3.17. The van der Waals surface area contributed by atoms with Crippen LogP contribution < -0.4 is 10.2 Å². The topological polar surface area (TPSA) is 65.5 Å². The highest BCUT2D eigenvalue weighted by atomic mass is 16.3. The molecule has 0 radical (unpaired) electrons.